The highest BCUT2D eigenvalue weighted by molar-refractivity contribution is 7.99. The van der Waals surface area contributed by atoms with Gasteiger partial charge >= 0.3 is 0 Å². The number of thioether (sulfide) groups is 1. The molecule has 0 radical (unpaired) electrons. The third-order valence-corrected chi connectivity index (χ3v) is 6.19. The van der Waals surface area contributed by atoms with Gasteiger partial charge in [-0.2, -0.15) is 0 Å². The lowest BCUT2D eigenvalue weighted by atomic mass is 10.1. The number of nitrogens with zero attached hydrogens (tertiary/aromatic N) is 3. The molecular weight excluding hydrogens is 372 g/mol. The van der Waals surface area contributed by atoms with E-state index in [-0.39, 0.29) is 11.9 Å². The van der Waals surface area contributed by atoms with Crippen molar-refractivity contribution >= 4 is 17.7 Å². The van der Waals surface area contributed by atoms with E-state index < -0.39 is 0 Å². The van der Waals surface area contributed by atoms with E-state index in [1.165, 1.54) is 0 Å². The molecule has 152 valence electrons. The Hall–Kier alpha value is -1.83. The van der Waals surface area contributed by atoms with Crippen LogP contribution in [0.1, 0.15) is 28.6 Å². The molecule has 3 rings (SSSR count). The third kappa shape index (κ3) is 5.83. The summed E-state index contributed by atoms with van der Waals surface area (Å²) in [6, 6.07) is 10.3. The number of hydrogen-bond acceptors (Lipinski definition) is 6. The minimum Gasteiger partial charge on any atom is -0.361 e. The zero-order valence-corrected chi connectivity index (χ0v) is 17.8. The van der Waals surface area contributed by atoms with Crippen LogP contribution in [-0.4, -0.2) is 66.4 Å². The molecule has 6 nitrogen and oxygen atoms in total. The fourth-order valence-electron chi connectivity index (χ4n) is 3.40. The zero-order chi connectivity index (χ0) is 19.9. The van der Waals surface area contributed by atoms with Crippen molar-refractivity contribution in [2.45, 2.75) is 25.6 Å². The van der Waals surface area contributed by atoms with Gasteiger partial charge in [0.1, 0.15) is 5.76 Å². The maximum Gasteiger partial charge on any atom is 0.230 e. The smallest absolute Gasteiger partial charge is 0.230 e. The lowest BCUT2D eigenvalue weighted by Crippen LogP contribution is -2.48. The summed E-state index contributed by atoms with van der Waals surface area (Å²) < 4.78 is 5.19. The first-order valence-electron chi connectivity index (χ1n) is 9.77. The minimum absolute atomic E-state index is 0.0109. The van der Waals surface area contributed by atoms with E-state index >= 15 is 0 Å². The Balaban J connectivity index is 1.55. The second kappa shape index (κ2) is 10.1. The van der Waals surface area contributed by atoms with Gasteiger partial charge in [0.2, 0.25) is 5.91 Å². The molecule has 2 heterocycles. The van der Waals surface area contributed by atoms with Gasteiger partial charge in [-0.1, -0.05) is 35.5 Å². The van der Waals surface area contributed by atoms with Gasteiger partial charge in [-0.3, -0.25) is 9.69 Å². The normalized spacial score (nSPS) is 16.8. The first kappa shape index (κ1) is 20.9. The summed E-state index contributed by atoms with van der Waals surface area (Å²) in [5.74, 6) is 2.07. The first-order valence-corrected chi connectivity index (χ1v) is 10.9. The fourth-order valence-corrected chi connectivity index (χ4v) is 4.39. The highest BCUT2D eigenvalue weighted by atomic mass is 32.2. The number of benzene rings is 1. The van der Waals surface area contributed by atoms with Crippen LogP contribution in [-0.2, 0) is 10.5 Å². The van der Waals surface area contributed by atoms with E-state index in [1.54, 1.807) is 11.8 Å². The van der Waals surface area contributed by atoms with E-state index in [1.807, 2.05) is 32.0 Å². The Morgan fingerprint density at radius 3 is 2.57 bits per heavy atom. The number of hydrogen-bond donors (Lipinski definition) is 1. The molecule has 0 aliphatic carbocycles. The Morgan fingerprint density at radius 2 is 1.93 bits per heavy atom. The molecule has 28 heavy (non-hydrogen) atoms. The van der Waals surface area contributed by atoms with Crippen LogP contribution in [0.2, 0.25) is 0 Å². The summed E-state index contributed by atoms with van der Waals surface area (Å²) in [6.45, 7) is 8.92. The van der Waals surface area contributed by atoms with Gasteiger partial charge in [0, 0.05) is 44.0 Å². The van der Waals surface area contributed by atoms with Crippen molar-refractivity contribution in [1.82, 2.24) is 20.3 Å². The van der Waals surface area contributed by atoms with Gasteiger partial charge in [0.05, 0.1) is 17.5 Å². The summed E-state index contributed by atoms with van der Waals surface area (Å²) >= 11 is 1.60. The van der Waals surface area contributed by atoms with Crippen LogP contribution in [0.4, 0.5) is 0 Å². The molecule has 0 bridgehead atoms. The third-order valence-electron chi connectivity index (χ3n) is 5.23. The second-order valence-corrected chi connectivity index (χ2v) is 8.42. The second-order valence-electron chi connectivity index (χ2n) is 7.43. The van der Waals surface area contributed by atoms with E-state index in [2.05, 4.69) is 39.5 Å². The number of piperazine rings is 1. The van der Waals surface area contributed by atoms with Gasteiger partial charge < -0.3 is 14.7 Å². The SMILES string of the molecule is Cc1noc(C)c1CSCC(=O)NC(CN1CCN(C)CC1)c1ccccc1. The van der Waals surface area contributed by atoms with Crippen LogP contribution in [0.25, 0.3) is 0 Å². The molecule has 1 aliphatic heterocycles. The molecule has 1 aromatic heterocycles. The molecule has 0 saturated carbocycles. The van der Waals surface area contributed by atoms with Crippen LogP contribution in [0.15, 0.2) is 34.9 Å². The summed E-state index contributed by atoms with van der Waals surface area (Å²) in [7, 11) is 2.16. The monoisotopic (exact) mass is 402 g/mol. The lowest BCUT2D eigenvalue weighted by Gasteiger charge is -2.35. The number of aromatic nitrogens is 1. The number of amides is 1. The summed E-state index contributed by atoms with van der Waals surface area (Å²) in [6.07, 6.45) is 0. The van der Waals surface area contributed by atoms with Crippen molar-refractivity contribution < 1.29 is 9.32 Å². The average molecular weight is 403 g/mol. The predicted octanol–water partition coefficient (Wildman–Crippen LogP) is 2.63. The largest absolute Gasteiger partial charge is 0.361 e. The molecule has 0 spiro atoms. The Kier molecular flexibility index (Phi) is 7.53. The zero-order valence-electron chi connectivity index (χ0n) is 17.0. The van der Waals surface area contributed by atoms with Crippen LogP contribution < -0.4 is 5.32 Å². The van der Waals surface area contributed by atoms with E-state index in [4.69, 9.17) is 4.52 Å². The van der Waals surface area contributed by atoms with Crippen LogP contribution >= 0.6 is 11.8 Å². The molecule has 7 heteroatoms. The minimum atomic E-state index is 0.0109. The van der Waals surface area contributed by atoms with Crippen LogP contribution in [0.3, 0.4) is 0 Å². The van der Waals surface area contributed by atoms with Crippen molar-refractivity contribution in [2.24, 2.45) is 0 Å². The van der Waals surface area contributed by atoms with Gasteiger partial charge in [0.15, 0.2) is 0 Å². The highest BCUT2D eigenvalue weighted by Gasteiger charge is 2.21. The Bertz CT molecular complexity index is 738. The molecule has 1 saturated heterocycles. The van der Waals surface area contributed by atoms with Crippen molar-refractivity contribution in [3.8, 4) is 0 Å². The van der Waals surface area contributed by atoms with Gasteiger partial charge in [0.25, 0.3) is 0 Å². The Morgan fingerprint density at radius 1 is 1.21 bits per heavy atom. The van der Waals surface area contributed by atoms with Crippen molar-refractivity contribution in [3.05, 3.63) is 52.9 Å². The molecule has 1 unspecified atom stereocenters. The molecule has 1 N–H and O–H groups in total. The Labute approximate surface area is 171 Å². The number of carbonyl (C=O) groups excluding carboxylic acids is 1. The molecule has 1 fully saturated rings. The van der Waals surface area contributed by atoms with Crippen LogP contribution in [0.5, 0.6) is 0 Å². The van der Waals surface area contributed by atoms with E-state index in [0.717, 1.165) is 61.1 Å². The number of aryl methyl sites for hydroxylation is 2. The summed E-state index contributed by atoms with van der Waals surface area (Å²) in [4.78, 5) is 17.4. The summed E-state index contributed by atoms with van der Waals surface area (Å²) in [5.41, 5.74) is 3.16. The van der Waals surface area contributed by atoms with Crippen LogP contribution in [0, 0.1) is 13.8 Å². The molecule has 1 atom stereocenters. The maximum absolute atomic E-state index is 12.6. The fraction of sp³-hybridized carbons (Fsp3) is 0.524. The quantitative estimate of drug-likeness (QED) is 0.732. The number of likely N-dealkylation sites (N-methyl/N-ethyl adjacent to an activating group) is 1. The van der Waals surface area contributed by atoms with Gasteiger partial charge in [-0.05, 0) is 26.5 Å². The predicted molar refractivity (Wildman–Crippen MR) is 113 cm³/mol. The van der Waals surface area contributed by atoms with Crippen molar-refractivity contribution in [1.29, 1.82) is 0 Å². The van der Waals surface area contributed by atoms with Crippen molar-refractivity contribution in [3.63, 3.8) is 0 Å². The number of nitrogens with one attached hydrogen (secondary N) is 1. The summed E-state index contributed by atoms with van der Waals surface area (Å²) in [5, 5.41) is 7.22. The molecule has 1 aromatic carbocycles. The topological polar surface area (TPSA) is 61.6 Å². The molecule has 1 amide bonds. The lowest BCUT2D eigenvalue weighted by molar-refractivity contribution is -0.119. The number of rotatable bonds is 8. The molecular formula is C21H30N4O2S. The van der Waals surface area contributed by atoms with E-state index in [0.29, 0.717) is 5.75 Å². The van der Waals surface area contributed by atoms with E-state index in [9.17, 15) is 4.79 Å². The van der Waals surface area contributed by atoms with Crippen molar-refractivity contribution in [2.75, 3.05) is 45.5 Å². The van der Waals surface area contributed by atoms with Gasteiger partial charge in [-0.15, -0.1) is 11.8 Å². The molecule has 1 aliphatic rings. The standard InChI is InChI=1S/C21H30N4O2S/c1-16-19(17(2)27-23-16)14-28-15-21(26)22-20(18-7-5-4-6-8-18)13-25-11-9-24(3)10-12-25/h4-8,20H,9-15H2,1-3H3,(H,22,26). The number of carbonyl (C=O) groups is 1. The first-order chi connectivity index (χ1) is 13.5. The molecule has 2 aromatic rings. The maximum atomic E-state index is 12.6. The highest BCUT2D eigenvalue weighted by Crippen LogP contribution is 2.20. The average Bonchev–Trinajstić information content (AvgIpc) is 3.02. The van der Waals surface area contributed by atoms with Gasteiger partial charge in [-0.25, -0.2) is 0 Å².